The summed E-state index contributed by atoms with van der Waals surface area (Å²) in [5.41, 5.74) is 0. The monoisotopic (exact) mass is 453 g/mol. The summed E-state index contributed by atoms with van der Waals surface area (Å²) in [4.78, 5) is 0. The first-order valence-corrected chi connectivity index (χ1v) is 15.9. The molecule has 0 spiro atoms. The molecule has 31 heavy (non-hydrogen) atoms. The number of hydrogen-bond donors (Lipinski definition) is 0. The molecule has 1 radical (unpaired) electrons. The molecule has 0 aliphatic carbocycles. The van der Waals surface area contributed by atoms with Gasteiger partial charge in [0, 0.05) is 5.75 Å². The summed E-state index contributed by atoms with van der Waals surface area (Å²) >= 11 is 2.07. The maximum Gasteiger partial charge on any atom is 0.0166 e. The van der Waals surface area contributed by atoms with Crippen molar-refractivity contribution >= 4 is 11.8 Å². The Kier molecular flexibility index (Phi) is 30.7. The van der Waals surface area contributed by atoms with E-state index in [2.05, 4.69) is 31.4 Å². The summed E-state index contributed by atoms with van der Waals surface area (Å²) < 4.78 is 0. The van der Waals surface area contributed by atoms with Crippen LogP contribution in [-0.2, 0) is 0 Å². The van der Waals surface area contributed by atoms with Gasteiger partial charge in [0.15, 0.2) is 0 Å². The maximum atomic E-state index is 2.47. The molecule has 0 aromatic carbocycles. The Hall–Kier alpha value is 0.350. The molecular weight excluding hydrogens is 392 g/mol. The summed E-state index contributed by atoms with van der Waals surface area (Å²) in [5, 5.41) is 0. The second kappa shape index (κ2) is 30.4. The average Bonchev–Trinajstić information content (AvgIpc) is 2.78. The fourth-order valence-corrected chi connectivity index (χ4v) is 5.31. The molecule has 0 fully saturated rings. The van der Waals surface area contributed by atoms with E-state index in [9.17, 15) is 0 Å². The van der Waals surface area contributed by atoms with Crippen LogP contribution >= 0.6 is 11.8 Å². The molecule has 0 atom stereocenters. The molecule has 0 heterocycles. The van der Waals surface area contributed by atoms with Gasteiger partial charge in [-0.2, -0.15) is 11.8 Å². The van der Waals surface area contributed by atoms with Crippen molar-refractivity contribution in [3.05, 3.63) is 5.75 Å². The maximum absolute atomic E-state index is 2.47. The Morgan fingerprint density at radius 1 is 0.355 bits per heavy atom. The van der Waals surface area contributed by atoms with Gasteiger partial charge in [0.2, 0.25) is 0 Å². The summed E-state index contributed by atoms with van der Waals surface area (Å²) in [6.07, 6.45) is 37.8. The van der Waals surface area contributed by atoms with Crippen LogP contribution in [0.15, 0.2) is 0 Å². The van der Waals surface area contributed by atoms with E-state index < -0.39 is 0 Å². The molecule has 0 bridgehead atoms. The first kappa shape index (κ1) is 31.4. The standard InChI is InChI=1S/C30H61S/c1-3-5-7-9-10-11-12-13-14-15-16-17-18-19-20-21-22-23-24-25-26-28-30-31-29-27-8-6-4-2/h30H,3-29H2,1-2H3. The molecule has 187 valence electrons. The molecule has 0 N–H and O–H groups in total. The van der Waals surface area contributed by atoms with E-state index >= 15 is 0 Å². The molecule has 0 aromatic heterocycles. The second-order valence-corrected chi connectivity index (χ2v) is 11.0. The Labute approximate surface area is 203 Å². The molecule has 0 unspecified atom stereocenters. The molecule has 0 saturated heterocycles. The minimum absolute atomic E-state index is 1.33. The molecule has 0 aliphatic heterocycles. The van der Waals surface area contributed by atoms with Crippen LogP contribution in [0.1, 0.15) is 181 Å². The molecule has 1 heteroatoms. The van der Waals surface area contributed by atoms with E-state index in [1.165, 1.54) is 173 Å². The highest BCUT2D eigenvalue weighted by molar-refractivity contribution is 8.01. The van der Waals surface area contributed by atoms with Crippen molar-refractivity contribution in [3.63, 3.8) is 0 Å². The molecule has 0 nitrogen and oxygen atoms in total. The smallest absolute Gasteiger partial charge is 0.0166 e. The second-order valence-electron chi connectivity index (χ2n) is 9.96. The summed E-state index contributed by atoms with van der Waals surface area (Å²) in [6.45, 7) is 4.60. The van der Waals surface area contributed by atoms with Gasteiger partial charge in [-0.3, -0.25) is 0 Å². The number of unbranched alkanes of at least 4 members (excludes halogenated alkanes) is 24. The van der Waals surface area contributed by atoms with Crippen LogP contribution in [0.2, 0.25) is 0 Å². The van der Waals surface area contributed by atoms with Gasteiger partial charge in [0.25, 0.3) is 0 Å². The van der Waals surface area contributed by atoms with Crippen LogP contribution < -0.4 is 0 Å². The van der Waals surface area contributed by atoms with E-state index in [0.29, 0.717) is 0 Å². The van der Waals surface area contributed by atoms with Gasteiger partial charge >= 0.3 is 0 Å². The van der Waals surface area contributed by atoms with Crippen LogP contribution in [0.25, 0.3) is 0 Å². The highest BCUT2D eigenvalue weighted by atomic mass is 32.2. The van der Waals surface area contributed by atoms with Crippen LogP contribution in [-0.4, -0.2) is 5.75 Å². The Bertz CT molecular complexity index is 260. The lowest BCUT2D eigenvalue weighted by Crippen LogP contribution is -1.84. The fraction of sp³-hybridized carbons (Fsp3) is 0.967. The quantitative estimate of drug-likeness (QED) is 0.106. The summed E-state index contributed by atoms with van der Waals surface area (Å²) in [6, 6.07) is 0. The highest BCUT2D eigenvalue weighted by Crippen LogP contribution is 2.17. The van der Waals surface area contributed by atoms with Gasteiger partial charge < -0.3 is 0 Å². The lowest BCUT2D eigenvalue weighted by atomic mass is 10.0. The van der Waals surface area contributed by atoms with Gasteiger partial charge in [-0.15, -0.1) is 0 Å². The zero-order valence-corrected chi connectivity index (χ0v) is 22.9. The first-order chi connectivity index (χ1) is 15.4. The first-order valence-electron chi connectivity index (χ1n) is 14.8. The molecule has 0 amide bonds. The van der Waals surface area contributed by atoms with Crippen molar-refractivity contribution in [1.82, 2.24) is 0 Å². The highest BCUT2D eigenvalue weighted by Gasteiger charge is 1.96. The SMILES string of the molecule is CCCCCCCCCCCCCCCCCCCCCCC[CH]SCCCCCC. The third kappa shape index (κ3) is 30.4. The fourth-order valence-electron chi connectivity index (χ4n) is 4.44. The molecule has 0 saturated carbocycles. The predicted molar refractivity (Wildman–Crippen MR) is 148 cm³/mol. The van der Waals surface area contributed by atoms with E-state index in [1.54, 1.807) is 0 Å². The van der Waals surface area contributed by atoms with E-state index in [-0.39, 0.29) is 0 Å². The van der Waals surface area contributed by atoms with Gasteiger partial charge in [-0.05, 0) is 18.6 Å². The Morgan fingerprint density at radius 2 is 0.645 bits per heavy atom. The van der Waals surface area contributed by atoms with Gasteiger partial charge in [-0.25, -0.2) is 0 Å². The number of thioether (sulfide) groups is 1. The third-order valence-electron chi connectivity index (χ3n) is 6.66. The van der Waals surface area contributed by atoms with Crippen LogP contribution in [0.5, 0.6) is 0 Å². The minimum atomic E-state index is 1.33. The summed E-state index contributed by atoms with van der Waals surface area (Å²) in [7, 11) is 0. The van der Waals surface area contributed by atoms with Crippen LogP contribution in [0, 0.1) is 5.75 Å². The lowest BCUT2D eigenvalue weighted by Gasteiger charge is -2.04. The molecule has 0 aliphatic rings. The van der Waals surface area contributed by atoms with E-state index in [0.717, 1.165) is 0 Å². The van der Waals surface area contributed by atoms with Crippen molar-refractivity contribution in [2.45, 2.75) is 181 Å². The molecule has 0 aromatic rings. The average molecular weight is 454 g/mol. The topological polar surface area (TPSA) is 0 Å². The minimum Gasteiger partial charge on any atom is -0.157 e. The largest absolute Gasteiger partial charge is 0.157 e. The van der Waals surface area contributed by atoms with E-state index in [1.807, 2.05) is 0 Å². The number of hydrogen-bond acceptors (Lipinski definition) is 1. The zero-order chi connectivity index (χ0) is 22.5. The zero-order valence-electron chi connectivity index (χ0n) is 22.1. The van der Waals surface area contributed by atoms with Gasteiger partial charge in [0.1, 0.15) is 0 Å². The van der Waals surface area contributed by atoms with Crippen molar-refractivity contribution < 1.29 is 0 Å². The van der Waals surface area contributed by atoms with Crippen molar-refractivity contribution in [2.24, 2.45) is 0 Å². The Morgan fingerprint density at radius 3 is 1.00 bits per heavy atom. The van der Waals surface area contributed by atoms with E-state index in [4.69, 9.17) is 0 Å². The predicted octanol–water partition coefficient (Wildman–Crippen LogP) is 12.1. The van der Waals surface area contributed by atoms with Crippen molar-refractivity contribution in [1.29, 1.82) is 0 Å². The van der Waals surface area contributed by atoms with Gasteiger partial charge in [-0.1, -0.05) is 168 Å². The molecule has 0 rings (SSSR count). The Balaban J connectivity index is 2.98. The van der Waals surface area contributed by atoms with Crippen molar-refractivity contribution in [3.8, 4) is 0 Å². The van der Waals surface area contributed by atoms with Gasteiger partial charge in [0.05, 0.1) is 0 Å². The van der Waals surface area contributed by atoms with Crippen molar-refractivity contribution in [2.75, 3.05) is 5.75 Å². The normalized spacial score (nSPS) is 11.4. The third-order valence-corrected chi connectivity index (χ3v) is 7.65. The van der Waals surface area contributed by atoms with Crippen LogP contribution in [0.3, 0.4) is 0 Å². The summed E-state index contributed by atoms with van der Waals surface area (Å²) in [5.74, 6) is 3.82. The number of rotatable bonds is 28. The van der Waals surface area contributed by atoms with Crippen LogP contribution in [0.4, 0.5) is 0 Å². The molecular formula is C30H61S. The lowest BCUT2D eigenvalue weighted by molar-refractivity contribution is 0.520.